The summed E-state index contributed by atoms with van der Waals surface area (Å²) in [4.78, 5) is 70.3. The molecule has 0 bridgehead atoms. The fraction of sp³-hybridized carbons (Fsp3) is 0.769. The highest BCUT2D eigenvalue weighted by atomic mass is 16.5. The molecule has 4 N–H and O–H groups in total. The Morgan fingerprint density at radius 3 is 2.18 bits per heavy atom. The molecule has 0 aromatic heterocycles. The molecule has 11 heteroatoms. The lowest BCUT2D eigenvalue weighted by molar-refractivity contribution is -0.145. The van der Waals surface area contributed by atoms with Gasteiger partial charge in [-0.1, -0.05) is 65.4 Å². The number of amides is 5. The second-order valence-corrected chi connectivity index (χ2v) is 16.3. The Balaban J connectivity index is 1.91. The molecule has 1 saturated heterocycles. The topological polar surface area (TPSA) is 146 Å². The standard InChI is InChI=1S/C39H63N5O6/c1-9-11-18-29(31(45)34(47)40-24-10-2)41-33(46)30-28(27(3)4)19-25-44(30)35(48)32(38(8)20-14-12-15-21-38)42-36(49)43-39(22-16-13-17-23-39)26-50-37(5,6)7/h1,10,27-30,32H,2,11-26H2,3-8H3,(H,40,47)(H,41,46)(H2,42,43,49)/t28-,29?,30+,32-/m1/s1. The van der Waals surface area contributed by atoms with Gasteiger partial charge in [-0.3, -0.25) is 19.2 Å². The van der Waals surface area contributed by atoms with Gasteiger partial charge in [-0.2, -0.15) is 0 Å². The molecule has 3 aliphatic rings. The third-order valence-electron chi connectivity index (χ3n) is 10.9. The van der Waals surface area contributed by atoms with E-state index in [1.807, 2.05) is 34.6 Å². The van der Waals surface area contributed by atoms with Crippen molar-refractivity contribution < 1.29 is 28.7 Å². The molecule has 0 aromatic carbocycles. The van der Waals surface area contributed by atoms with Crippen LogP contribution >= 0.6 is 0 Å². The second kappa shape index (κ2) is 18.2. The van der Waals surface area contributed by atoms with Crippen molar-refractivity contribution in [2.24, 2.45) is 17.3 Å². The normalized spacial score (nSPS) is 22.8. The molecule has 0 radical (unpaired) electrons. The highest BCUT2D eigenvalue weighted by Crippen LogP contribution is 2.41. The van der Waals surface area contributed by atoms with E-state index < -0.39 is 52.7 Å². The van der Waals surface area contributed by atoms with Gasteiger partial charge in [0.1, 0.15) is 12.1 Å². The maximum absolute atomic E-state index is 14.8. The van der Waals surface area contributed by atoms with Gasteiger partial charge in [-0.05, 0) is 76.5 Å². The molecule has 3 rings (SSSR count). The van der Waals surface area contributed by atoms with Gasteiger partial charge in [-0.25, -0.2) is 4.79 Å². The number of terminal acetylenes is 1. The number of nitrogens with zero attached hydrogens (tertiary/aromatic N) is 1. The van der Waals surface area contributed by atoms with Crippen molar-refractivity contribution in [1.29, 1.82) is 0 Å². The van der Waals surface area contributed by atoms with Gasteiger partial charge in [-0.15, -0.1) is 18.9 Å². The van der Waals surface area contributed by atoms with E-state index in [-0.39, 0.29) is 42.7 Å². The third kappa shape index (κ3) is 11.1. The van der Waals surface area contributed by atoms with Gasteiger partial charge in [0.25, 0.3) is 5.91 Å². The van der Waals surface area contributed by atoms with Crippen molar-refractivity contribution in [2.45, 2.75) is 154 Å². The zero-order valence-corrected chi connectivity index (χ0v) is 31.5. The van der Waals surface area contributed by atoms with Crippen LogP contribution in [0.4, 0.5) is 4.79 Å². The highest BCUT2D eigenvalue weighted by molar-refractivity contribution is 6.38. The summed E-state index contributed by atoms with van der Waals surface area (Å²) in [5.74, 6) is -0.0952. The first-order chi connectivity index (χ1) is 23.6. The summed E-state index contributed by atoms with van der Waals surface area (Å²) < 4.78 is 6.20. The summed E-state index contributed by atoms with van der Waals surface area (Å²) >= 11 is 0. The highest BCUT2D eigenvalue weighted by Gasteiger charge is 2.50. The fourth-order valence-electron chi connectivity index (χ4n) is 7.91. The molecule has 3 fully saturated rings. The molecule has 5 amide bonds. The van der Waals surface area contributed by atoms with Crippen molar-refractivity contribution in [3.8, 4) is 12.3 Å². The van der Waals surface area contributed by atoms with Crippen molar-refractivity contribution >= 4 is 29.5 Å². The van der Waals surface area contributed by atoms with E-state index in [4.69, 9.17) is 11.2 Å². The number of carbonyl (C=O) groups is 5. The Labute approximate surface area is 300 Å². The van der Waals surface area contributed by atoms with Crippen LogP contribution in [0.15, 0.2) is 12.7 Å². The predicted molar refractivity (Wildman–Crippen MR) is 195 cm³/mol. The Hall–Kier alpha value is -3.39. The zero-order chi connectivity index (χ0) is 37.1. The molecule has 4 atom stereocenters. The lowest BCUT2D eigenvalue weighted by Gasteiger charge is -2.44. The number of ketones is 1. The van der Waals surface area contributed by atoms with Crippen LogP contribution in [-0.4, -0.2) is 83.4 Å². The summed E-state index contributed by atoms with van der Waals surface area (Å²) in [7, 11) is 0. The molecule has 0 aromatic rings. The van der Waals surface area contributed by atoms with Crippen molar-refractivity contribution in [3.63, 3.8) is 0 Å². The first-order valence-corrected chi connectivity index (χ1v) is 18.8. The average molecular weight is 698 g/mol. The summed E-state index contributed by atoms with van der Waals surface area (Å²) in [6.45, 7) is 16.5. The van der Waals surface area contributed by atoms with E-state index in [0.717, 1.165) is 64.2 Å². The summed E-state index contributed by atoms with van der Waals surface area (Å²) in [5, 5.41) is 11.7. The molecule has 11 nitrogen and oxygen atoms in total. The minimum atomic E-state index is -1.15. The Kier molecular flexibility index (Phi) is 14.9. The number of Topliss-reactive ketones (excluding diaryl/α,β-unsaturated/α-hetero) is 1. The molecule has 280 valence electrons. The Morgan fingerprint density at radius 1 is 1.00 bits per heavy atom. The van der Waals surface area contributed by atoms with Crippen LogP contribution in [0.1, 0.15) is 125 Å². The molecule has 0 spiro atoms. The number of ether oxygens (including phenoxy) is 1. The SMILES string of the molecule is C#CCCC(NC(=O)[C@@H]1[C@@H](C(C)C)CCN1C(=O)[C@@H](NC(=O)NC1(COC(C)(C)C)CCCCC1)C1(C)CCCCC1)C(=O)C(=O)NCC=C. The van der Waals surface area contributed by atoms with E-state index in [9.17, 15) is 24.0 Å². The number of carbonyl (C=O) groups excluding carboxylic acids is 5. The van der Waals surface area contributed by atoms with E-state index in [1.165, 1.54) is 6.08 Å². The van der Waals surface area contributed by atoms with E-state index in [2.05, 4.69) is 40.7 Å². The average Bonchev–Trinajstić information content (AvgIpc) is 3.53. The second-order valence-electron chi connectivity index (χ2n) is 16.3. The molecular formula is C39H63N5O6. The molecule has 50 heavy (non-hydrogen) atoms. The van der Waals surface area contributed by atoms with Crippen molar-refractivity contribution in [1.82, 2.24) is 26.2 Å². The van der Waals surface area contributed by atoms with Gasteiger partial charge in [0.2, 0.25) is 17.6 Å². The number of hydrogen-bond donors (Lipinski definition) is 4. The molecular weight excluding hydrogens is 634 g/mol. The van der Waals surface area contributed by atoms with Gasteiger partial charge in [0.15, 0.2) is 0 Å². The molecule has 1 heterocycles. The van der Waals surface area contributed by atoms with Crippen LogP contribution in [0.5, 0.6) is 0 Å². The van der Waals surface area contributed by atoms with Crippen LogP contribution < -0.4 is 21.3 Å². The molecule has 1 unspecified atom stereocenters. The van der Waals surface area contributed by atoms with Crippen LogP contribution in [0, 0.1) is 29.6 Å². The number of urea groups is 1. The summed E-state index contributed by atoms with van der Waals surface area (Å²) in [6.07, 6.45) is 16.9. The van der Waals surface area contributed by atoms with Gasteiger partial charge in [0.05, 0.1) is 23.8 Å². The number of rotatable bonds is 15. The lowest BCUT2D eigenvalue weighted by atomic mass is 9.70. The van der Waals surface area contributed by atoms with Crippen LogP contribution in [-0.2, 0) is 23.9 Å². The monoisotopic (exact) mass is 697 g/mol. The van der Waals surface area contributed by atoms with Crippen LogP contribution in [0.25, 0.3) is 0 Å². The van der Waals surface area contributed by atoms with Crippen LogP contribution in [0.2, 0.25) is 0 Å². The third-order valence-corrected chi connectivity index (χ3v) is 10.9. The van der Waals surface area contributed by atoms with Gasteiger partial charge < -0.3 is 30.9 Å². The minimum Gasteiger partial charge on any atom is -0.373 e. The Bertz CT molecular complexity index is 1250. The summed E-state index contributed by atoms with van der Waals surface area (Å²) in [5.41, 5.74) is -1.41. The maximum Gasteiger partial charge on any atom is 0.315 e. The van der Waals surface area contributed by atoms with Gasteiger partial charge in [0, 0.05) is 19.5 Å². The van der Waals surface area contributed by atoms with Crippen molar-refractivity contribution in [3.05, 3.63) is 12.7 Å². The van der Waals surface area contributed by atoms with Crippen molar-refractivity contribution in [2.75, 3.05) is 19.7 Å². The summed E-state index contributed by atoms with van der Waals surface area (Å²) in [6, 6.07) is -3.30. The first-order valence-electron chi connectivity index (χ1n) is 18.8. The zero-order valence-electron chi connectivity index (χ0n) is 31.5. The quantitative estimate of drug-likeness (QED) is 0.110. The number of nitrogens with one attached hydrogen (secondary N) is 4. The molecule has 2 saturated carbocycles. The van der Waals surface area contributed by atoms with E-state index in [0.29, 0.717) is 19.6 Å². The number of likely N-dealkylation sites (tertiary alicyclic amines) is 1. The maximum atomic E-state index is 14.8. The largest absolute Gasteiger partial charge is 0.373 e. The van der Waals surface area contributed by atoms with Crippen LogP contribution in [0.3, 0.4) is 0 Å². The van der Waals surface area contributed by atoms with E-state index in [1.54, 1.807) is 4.90 Å². The Morgan fingerprint density at radius 2 is 1.62 bits per heavy atom. The number of hydrogen-bond acceptors (Lipinski definition) is 6. The molecule has 1 aliphatic heterocycles. The predicted octanol–water partition coefficient (Wildman–Crippen LogP) is 4.79. The van der Waals surface area contributed by atoms with E-state index >= 15 is 0 Å². The van der Waals surface area contributed by atoms with Gasteiger partial charge >= 0.3 is 6.03 Å². The minimum absolute atomic E-state index is 0.0493. The smallest absolute Gasteiger partial charge is 0.315 e. The first kappa shape index (κ1) is 41.0. The molecule has 2 aliphatic carbocycles. The fourth-order valence-corrected chi connectivity index (χ4v) is 7.91. The lowest BCUT2D eigenvalue weighted by Crippen LogP contribution is -2.64.